The Balaban J connectivity index is 2.06. The molecule has 6 N–H and O–H groups in total. The Kier molecular flexibility index (Phi) is 2.58. The van der Waals surface area contributed by atoms with E-state index in [0.29, 0.717) is 23.0 Å². The molecule has 2 aromatic heterocycles. The van der Waals surface area contributed by atoms with E-state index in [1.54, 1.807) is 6.07 Å². The minimum Gasteiger partial charge on any atom is -0.397 e. The smallest absolute Gasteiger partial charge is 0.245 e. The van der Waals surface area contributed by atoms with Crippen LogP contribution in [0.3, 0.4) is 0 Å². The molecule has 3 rings (SSSR count). The van der Waals surface area contributed by atoms with Crippen molar-refractivity contribution in [1.82, 2.24) is 20.3 Å². The van der Waals surface area contributed by atoms with Crippen LogP contribution in [0.25, 0.3) is 11.3 Å². The maximum absolute atomic E-state index is 5.84. The van der Waals surface area contributed by atoms with Gasteiger partial charge in [-0.1, -0.05) is 12.1 Å². The second kappa shape index (κ2) is 4.38. The summed E-state index contributed by atoms with van der Waals surface area (Å²) in [5.41, 5.74) is 10.1. The molecule has 19 heavy (non-hydrogen) atoms. The standard InChI is InChI=1S/C10H10N8O/c11-5-3-1-2-4-6(5)13-7-8(16-12)15-10-9(14-7)17-19-18-10/h1-4H,11-12H2,(H,13,14,17)(H,15,16,18). The van der Waals surface area contributed by atoms with Gasteiger partial charge < -0.3 is 16.5 Å². The summed E-state index contributed by atoms with van der Waals surface area (Å²) in [5.74, 6) is 6.09. The molecule has 9 heteroatoms. The molecule has 0 atom stereocenters. The normalized spacial score (nSPS) is 10.6. The van der Waals surface area contributed by atoms with E-state index in [2.05, 4.69) is 35.7 Å². The first kappa shape index (κ1) is 11.2. The Morgan fingerprint density at radius 1 is 1.00 bits per heavy atom. The summed E-state index contributed by atoms with van der Waals surface area (Å²) in [7, 11) is 0. The number of hydrazine groups is 1. The lowest BCUT2D eigenvalue weighted by molar-refractivity contribution is 0.314. The fraction of sp³-hybridized carbons (Fsp3) is 0. The Hall–Kier alpha value is -2.94. The average molecular weight is 258 g/mol. The molecule has 96 valence electrons. The van der Waals surface area contributed by atoms with Crippen LogP contribution < -0.4 is 22.3 Å². The molecule has 0 spiro atoms. The topological polar surface area (TPSA) is 141 Å². The third-order valence-electron chi connectivity index (χ3n) is 2.46. The van der Waals surface area contributed by atoms with Crippen LogP contribution in [-0.4, -0.2) is 20.3 Å². The number of fused-ring (bicyclic) bond motifs is 1. The number of nitrogens with zero attached hydrogens (tertiary/aromatic N) is 4. The van der Waals surface area contributed by atoms with Crippen molar-refractivity contribution in [1.29, 1.82) is 0 Å². The van der Waals surface area contributed by atoms with Gasteiger partial charge in [0.05, 0.1) is 11.4 Å². The molecule has 9 nitrogen and oxygen atoms in total. The quantitative estimate of drug-likeness (QED) is 0.302. The fourth-order valence-corrected chi connectivity index (χ4v) is 1.56. The van der Waals surface area contributed by atoms with Crippen LogP contribution in [0.1, 0.15) is 0 Å². The molecule has 3 aromatic rings. The molecule has 0 aliphatic carbocycles. The largest absolute Gasteiger partial charge is 0.397 e. The van der Waals surface area contributed by atoms with E-state index in [9.17, 15) is 0 Å². The van der Waals surface area contributed by atoms with Crippen LogP contribution in [0.4, 0.5) is 23.0 Å². The number of nitrogens with one attached hydrogen (secondary N) is 2. The highest BCUT2D eigenvalue weighted by molar-refractivity contribution is 5.79. The van der Waals surface area contributed by atoms with Crippen LogP contribution in [0.15, 0.2) is 28.9 Å². The minimum atomic E-state index is 0.263. The van der Waals surface area contributed by atoms with Gasteiger partial charge in [0, 0.05) is 0 Å². The molecule has 0 fully saturated rings. The monoisotopic (exact) mass is 258 g/mol. The number of para-hydroxylation sites is 2. The molecule has 0 radical (unpaired) electrons. The lowest BCUT2D eigenvalue weighted by Crippen LogP contribution is -2.12. The number of hydrogen-bond donors (Lipinski definition) is 4. The van der Waals surface area contributed by atoms with E-state index in [1.165, 1.54) is 0 Å². The summed E-state index contributed by atoms with van der Waals surface area (Å²) in [4.78, 5) is 8.31. The first-order valence-corrected chi connectivity index (χ1v) is 5.36. The SMILES string of the molecule is NNc1nc2nonc2nc1Nc1ccccc1N. The molecule has 0 unspecified atom stereocenters. The van der Waals surface area contributed by atoms with Crippen LogP contribution in [0.2, 0.25) is 0 Å². The van der Waals surface area contributed by atoms with Crippen molar-refractivity contribution < 1.29 is 4.63 Å². The predicted molar refractivity (Wildman–Crippen MR) is 69.3 cm³/mol. The molecule has 0 amide bonds. The number of rotatable bonds is 3. The van der Waals surface area contributed by atoms with Crippen molar-refractivity contribution in [3.8, 4) is 0 Å². The maximum Gasteiger partial charge on any atom is 0.245 e. The Bertz CT molecular complexity index is 724. The lowest BCUT2D eigenvalue weighted by atomic mass is 10.2. The van der Waals surface area contributed by atoms with Gasteiger partial charge in [-0.2, -0.15) is 4.98 Å². The number of nitrogen functional groups attached to an aromatic ring is 2. The van der Waals surface area contributed by atoms with Gasteiger partial charge in [0.15, 0.2) is 11.6 Å². The zero-order valence-corrected chi connectivity index (χ0v) is 9.66. The molecule has 1 aromatic carbocycles. The zero-order valence-electron chi connectivity index (χ0n) is 9.66. The number of benzene rings is 1. The van der Waals surface area contributed by atoms with Gasteiger partial charge in [-0.3, -0.25) is 0 Å². The number of hydrogen-bond acceptors (Lipinski definition) is 9. The van der Waals surface area contributed by atoms with E-state index in [-0.39, 0.29) is 11.3 Å². The van der Waals surface area contributed by atoms with Crippen LogP contribution >= 0.6 is 0 Å². The molecular formula is C10H10N8O. The summed E-state index contributed by atoms with van der Waals surface area (Å²) >= 11 is 0. The van der Waals surface area contributed by atoms with Gasteiger partial charge >= 0.3 is 0 Å². The van der Waals surface area contributed by atoms with Crippen molar-refractivity contribution in [2.75, 3.05) is 16.5 Å². The Labute approximate surface area is 106 Å². The van der Waals surface area contributed by atoms with Crippen LogP contribution in [0, 0.1) is 0 Å². The first-order chi connectivity index (χ1) is 9.28. The molecule has 0 bridgehead atoms. The van der Waals surface area contributed by atoms with Gasteiger partial charge in [0.2, 0.25) is 11.3 Å². The highest BCUT2D eigenvalue weighted by atomic mass is 16.6. The van der Waals surface area contributed by atoms with Crippen LogP contribution in [0.5, 0.6) is 0 Å². The predicted octanol–water partition coefficient (Wildman–Crippen LogP) is 0.624. The molecule has 0 saturated heterocycles. The number of aromatic nitrogens is 4. The van der Waals surface area contributed by atoms with Crippen molar-refractivity contribution >= 4 is 34.3 Å². The number of anilines is 4. The second-order valence-electron chi connectivity index (χ2n) is 3.69. The third kappa shape index (κ3) is 1.98. The van der Waals surface area contributed by atoms with Gasteiger partial charge in [-0.15, -0.1) is 0 Å². The van der Waals surface area contributed by atoms with Gasteiger partial charge in [-0.05, 0) is 22.4 Å². The highest BCUT2D eigenvalue weighted by Crippen LogP contribution is 2.26. The third-order valence-corrected chi connectivity index (χ3v) is 2.46. The van der Waals surface area contributed by atoms with E-state index >= 15 is 0 Å². The van der Waals surface area contributed by atoms with Gasteiger partial charge in [-0.25, -0.2) is 15.5 Å². The summed E-state index contributed by atoms with van der Waals surface area (Å²) in [6.07, 6.45) is 0. The second-order valence-corrected chi connectivity index (χ2v) is 3.69. The van der Waals surface area contributed by atoms with Crippen molar-refractivity contribution in [2.24, 2.45) is 5.84 Å². The van der Waals surface area contributed by atoms with E-state index in [0.717, 1.165) is 0 Å². The van der Waals surface area contributed by atoms with Crippen molar-refractivity contribution in [3.05, 3.63) is 24.3 Å². The summed E-state index contributed by atoms with van der Waals surface area (Å²) < 4.78 is 4.55. The molecule has 2 heterocycles. The van der Waals surface area contributed by atoms with Gasteiger partial charge in [0.1, 0.15) is 0 Å². The number of nitrogens with two attached hydrogens (primary N) is 2. The molecule has 0 aliphatic rings. The first-order valence-electron chi connectivity index (χ1n) is 5.36. The van der Waals surface area contributed by atoms with E-state index < -0.39 is 0 Å². The summed E-state index contributed by atoms with van der Waals surface area (Å²) in [6, 6.07) is 7.25. The fourth-order valence-electron chi connectivity index (χ4n) is 1.56. The van der Waals surface area contributed by atoms with Crippen molar-refractivity contribution in [2.45, 2.75) is 0 Å². The summed E-state index contributed by atoms with van der Waals surface area (Å²) in [5, 5.41) is 10.2. The maximum atomic E-state index is 5.84. The van der Waals surface area contributed by atoms with Crippen molar-refractivity contribution in [3.63, 3.8) is 0 Å². The lowest BCUT2D eigenvalue weighted by Gasteiger charge is -2.10. The van der Waals surface area contributed by atoms with Crippen LogP contribution in [-0.2, 0) is 0 Å². The minimum absolute atomic E-state index is 0.263. The average Bonchev–Trinajstić information content (AvgIpc) is 2.87. The molecule has 0 aliphatic heterocycles. The van der Waals surface area contributed by atoms with Gasteiger partial charge in [0.25, 0.3) is 0 Å². The molecule has 0 saturated carbocycles. The van der Waals surface area contributed by atoms with E-state index in [1.807, 2.05) is 18.2 Å². The highest BCUT2D eigenvalue weighted by Gasteiger charge is 2.12. The van der Waals surface area contributed by atoms with E-state index in [4.69, 9.17) is 11.6 Å². The zero-order chi connectivity index (χ0) is 13.2. The Morgan fingerprint density at radius 2 is 1.68 bits per heavy atom. The Morgan fingerprint density at radius 3 is 2.37 bits per heavy atom. The summed E-state index contributed by atoms with van der Waals surface area (Å²) in [6.45, 7) is 0. The molecular weight excluding hydrogens is 248 g/mol.